The van der Waals surface area contributed by atoms with Crippen LogP contribution in [0.15, 0.2) is 73.0 Å². The Kier molecular flexibility index (Phi) is 16.8. The average Bonchev–Trinajstić information content (AvgIpc) is 2.60. The summed E-state index contributed by atoms with van der Waals surface area (Å²) in [7, 11) is 0. The monoisotopic (exact) mass is 355 g/mol. The molecule has 2 unspecified atom stereocenters. The maximum atomic E-state index is 5.55. The summed E-state index contributed by atoms with van der Waals surface area (Å²) in [5, 5.41) is 0. The Balaban J connectivity index is 3.71. The van der Waals surface area contributed by atoms with E-state index >= 15 is 0 Å². The normalized spacial score (nSPS) is 15.2. The first-order valence-electron chi connectivity index (χ1n) is 10.3. The summed E-state index contributed by atoms with van der Waals surface area (Å²) in [6.45, 7) is 10.5. The Labute approximate surface area is 163 Å². The Morgan fingerprint density at radius 1 is 0.808 bits per heavy atom. The van der Waals surface area contributed by atoms with Crippen molar-refractivity contribution in [2.24, 2.45) is 17.6 Å². The number of allylic oxidation sites excluding steroid dienone is 11. The van der Waals surface area contributed by atoms with Crippen molar-refractivity contribution >= 4 is 0 Å². The Morgan fingerprint density at radius 3 is 2.19 bits per heavy atom. The molecule has 0 spiro atoms. The first-order valence-corrected chi connectivity index (χ1v) is 10.3. The van der Waals surface area contributed by atoms with E-state index in [0.717, 1.165) is 57.1 Å². The molecular weight excluding hydrogens is 314 g/mol. The van der Waals surface area contributed by atoms with Crippen LogP contribution in [0.2, 0.25) is 0 Å². The minimum atomic E-state index is 0.645. The fourth-order valence-electron chi connectivity index (χ4n) is 2.45. The van der Waals surface area contributed by atoms with Crippen LogP contribution in [0.25, 0.3) is 0 Å². The van der Waals surface area contributed by atoms with E-state index < -0.39 is 0 Å². The summed E-state index contributed by atoms with van der Waals surface area (Å²) in [5.41, 5.74) is 6.32. The molecule has 0 aliphatic heterocycles. The van der Waals surface area contributed by atoms with Crippen LogP contribution >= 0.6 is 0 Å². The van der Waals surface area contributed by atoms with Crippen LogP contribution in [0.1, 0.15) is 72.1 Å². The molecule has 0 aromatic heterocycles. The van der Waals surface area contributed by atoms with Crippen LogP contribution in [-0.4, -0.2) is 0 Å². The Morgan fingerprint density at radius 2 is 1.46 bits per heavy atom. The van der Waals surface area contributed by atoms with E-state index in [2.05, 4.69) is 88.1 Å². The lowest BCUT2D eigenvalue weighted by Gasteiger charge is -2.03. The van der Waals surface area contributed by atoms with Crippen molar-refractivity contribution in [3.63, 3.8) is 0 Å². The van der Waals surface area contributed by atoms with Gasteiger partial charge in [-0.2, -0.15) is 0 Å². The molecule has 0 aromatic rings. The van der Waals surface area contributed by atoms with Gasteiger partial charge in [0.05, 0.1) is 0 Å². The van der Waals surface area contributed by atoms with Gasteiger partial charge in [0.15, 0.2) is 0 Å². The summed E-state index contributed by atoms with van der Waals surface area (Å²) >= 11 is 0. The Hall–Kier alpha value is -1.76. The first kappa shape index (κ1) is 24.2. The van der Waals surface area contributed by atoms with E-state index in [-0.39, 0.29) is 0 Å². The topological polar surface area (TPSA) is 26.0 Å². The third-order valence-electron chi connectivity index (χ3n) is 4.13. The molecule has 0 fully saturated rings. The molecule has 0 aliphatic rings. The first-order chi connectivity index (χ1) is 12.6. The van der Waals surface area contributed by atoms with Crippen LogP contribution in [0.3, 0.4) is 0 Å². The van der Waals surface area contributed by atoms with Gasteiger partial charge in [0.1, 0.15) is 0 Å². The average molecular weight is 356 g/mol. The fraction of sp³-hybridized carbons (Fsp3) is 0.520. The predicted octanol–water partition coefficient (Wildman–Crippen LogP) is 7.65. The van der Waals surface area contributed by atoms with Gasteiger partial charge < -0.3 is 5.73 Å². The smallest absolute Gasteiger partial charge is 0.00105 e. The predicted molar refractivity (Wildman–Crippen MR) is 120 cm³/mol. The van der Waals surface area contributed by atoms with E-state index in [4.69, 9.17) is 5.73 Å². The molecule has 0 saturated carbocycles. The summed E-state index contributed by atoms with van der Waals surface area (Å²) in [6.07, 6.45) is 31.2. The lowest BCUT2D eigenvalue weighted by Crippen LogP contribution is -1.93. The fourth-order valence-corrected chi connectivity index (χ4v) is 2.45. The van der Waals surface area contributed by atoms with E-state index in [9.17, 15) is 0 Å². The van der Waals surface area contributed by atoms with Crippen LogP contribution < -0.4 is 5.73 Å². The molecule has 0 bridgehead atoms. The molecule has 146 valence electrons. The third kappa shape index (κ3) is 18.6. The second-order valence-electron chi connectivity index (χ2n) is 7.20. The van der Waals surface area contributed by atoms with E-state index in [1.165, 1.54) is 0 Å². The third-order valence-corrected chi connectivity index (χ3v) is 4.13. The zero-order chi connectivity index (χ0) is 19.5. The number of hydrogen-bond acceptors (Lipinski definition) is 1. The highest BCUT2D eigenvalue weighted by atomic mass is 14.5. The SMILES string of the molecule is C=C(N)CC/C=C\CC(C)C/C=C/C=C/CC/C=C/C(C)C/C=C\CC. The second kappa shape index (κ2) is 18.0. The van der Waals surface area contributed by atoms with E-state index in [1.54, 1.807) is 0 Å². The van der Waals surface area contributed by atoms with Gasteiger partial charge in [-0.25, -0.2) is 0 Å². The minimum Gasteiger partial charge on any atom is -0.403 e. The van der Waals surface area contributed by atoms with E-state index in [1.807, 2.05) is 0 Å². The highest BCUT2D eigenvalue weighted by molar-refractivity contribution is 5.04. The molecule has 1 nitrogen and oxygen atoms in total. The molecular formula is C25H41N. The molecule has 0 heterocycles. The van der Waals surface area contributed by atoms with Crippen LogP contribution in [-0.2, 0) is 0 Å². The van der Waals surface area contributed by atoms with Gasteiger partial charge in [-0.15, -0.1) is 0 Å². The lowest BCUT2D eigenvalue weighted by molar-refractivity contribution is 0.602. The van der Waals surface area contributed by atoms with Gasteiger partial charge in [0, 0.05) is 5.70 Å². The lowest BCUT2D eigenvalue weighted by atomic mass is 10.0. The van der Waals surface area contributed by atoms with Crippen molar-refractivity contribution in [1.29, 1.82) is 0 Å². The largest absolute Gasteiger partial charge is 0.403 e. The van der Waals surface area contributed by atoms with Crippen molar-refractivity contribution in [3.05, 3.63) is 73.0 Å². The molecule has 0 aromatic carbocycles. The number of unbranched alkanes of at least 4 members (excludes halogenated alkanes) is 1. The van der Waals surface area contributed by atoms with Crippen LogP contribution in [0, 0.1) is 11.8 Å². The van der Waals surface area contributed by atoms with Crippen molar-refractivity contribution in [3.8, 4) is 0 Å². The van der Waals surface area contributed by atoms with Crippen molar-refractivity contribution in [1.82, 2.24) is 0 Å². The van der Waals surface area contributed by atoms with Gasteiger partial charge in [-0.3, -0.25) is 0 Å². The zero-order valence-corrected chi connectivity index (χ0v) is 17.4. The van der Waals surface area contributed by atoms with Crippen molar-refractivity contribution in [2.45, 2.75) is 72.1 Å². The molecule has 0 aliphatic carbocycles. The van der Waals surface area contributed by atoms with E-state index in [0.29, 0.717) is 11.8 Å². The standard InChI is InChI=1S/C25H41N/c1-5-6-13-18-23(2)19-14-10-8-7-9-11-15-20-24(3)21-16-12-17-22-25(4)26/h6-7,9,11-16,19,23-24H,4-5,8,10,17-18,20-22,26H2,1-3H3/b9-7+,13-6-,15-11+,16-12-,19-14+. The second-order valence-corrected chi connectivity index (χ2v) is 7.20. The molecule has 0 amide bonds. The summed E-state index contributed by atoms with van der Waals surface area (Å²) in [5.74, 6) is 1.33. The van der Waals surface area contributed by atoms with Crippen LogP contribution in [0.4, 0.5) is 0 Å². The van der Waals surface area contributed by atoms with Crippen LogP contribution in [0.5, 0.6) is 0 Å². The minimum absolute atomic E-state index is 0.645. The zero-order valence-electron chi connectivity index (χ0n) is 17.4. The maximum absolute atomic E-state index is 5.55. The highest BCUT2D eigenvalue weighted by Gasteiger charge is 1.95. The molecule has 0 rings (SSSR count). The molecule has 0 saturated heterocycles. The van der Waals surface area contributed by atoms with Gasteiger partial charge in [0.2, 0.25) is 0 Å². The summed E-state index contributed by atoms with van der Waals surface area (Å²) in [6, 6.07) is 0. The van der Waals surface area contributed by atoms with Gasteiger partial charge in [0.25, 0.3) is 0 Å². The Bertz CT molecular complexity index is 476. The molecule has 1 heteroatoms. The quantitative estimate of drug-likeness (QED) is 0.182. The molecule has 2 N–H and O–H groups in total. The number of nitrogens with two attached hydrogens (primary N) is 1. The molecule has 26 heavy (non-hydrogen) atoms. The van der Waals surface area contributed by atoms with Gasteiger partial charge in [-0.05, 0) is 63.2 Å². The van der Waals surface area contributed by atoms with Gasteiger partial charge >= 0.3 is 0 Å². The summed E-state index contributed by atoms with van der Waals surface area (Å²) < 4.78 is 0. The highest BCUT2D eigenvalue weighted by Crippen LogP contribution is 2.10. The molecule has 0 radical (unpaired) electrons. The summed E-state index contributed by atoms with van der Waals surface area (Å²) in [4.78, 5) is 0. The molecule has 2 atom stereocenters. The maximum Gasteiger partial charge on any atom is 0.00105 e. The number of hydrogen-bond donors (Lipinski definition) is 1. The van der Waals surface area contributed by atoms with Gasteiger partial charge in [-0.1, -0.05) is 88.1 Å². The van der Waals surface area contributed by atoms with Crippen molar-refractivity contribution in [2.75, 3.05) is 0 Å². The number of rotatable bonds is 15. The van der Waals surface area contributed by atoms with Crippen molar-refractivity contribution < 1.29 is 0 Å².